The summed E-state index contributed by atoms with van der Waals surface area (Å²) in [5.74, 6) is 0.701. The minimum Gasteiger partial charge on any atom is -0.493 e. The van der Waals surface area contributed by atoms with Gasteiger partial charge in [0.1, 0.15) is 12.0 Å². The molecule has 1 rings (SSSR count). The predicted molar refractivity (Wildman–Crippen MR) is 115 cm³/mol. The molecule has 0 N–H and O–H groups in total. The molecule has 1 aromatic heterocycles. The van der Waals surface area contributed by atoms with E-state index in [0.29, 0.717) is 18.8 Å². The van der Waals surface area contributed by atoms with E-state index >= 15 is 0 Å². The Morgan fingerprint density at radius 3 is 2.27 bits per heavy atom. The molecule has 0 aliphatic rings. The van der Waals surface area contributed by atoms with Gasteiger partial charge in [-0.05, 0) is 30.2 Å². The van der Waals surface area contributed by atoms with Crippen molar-refractivity contribution < 1.29 is 9.53 Å². The minimum absolute atomic E-state index is 0.387. The number of allylic oxidation sites excluding steroid dienone is 4. The van der Waals surface area contributed by atoms with Gasteiger partial charge in [-0.2, -0.15) is 0 Å². The summed E-state index contributed by atoms with van der Waals surface area (Å²) < 4.78 is 5.64. The number of hydrogen-bond donors (Lipinski definition) is 0. The highest BCUT2D eigenvalue weighted by atomic mass is 16.5. The SMILES string of the molecule is C=C/C=C(\C=C/CC=O)OCCc1ccc(CC)cn1.CC.CC.CC. The van der Waals surface area contributed by atoms with Gasteiger partial charge in [-0.3, -0.25) is 4.98 Å². The Morgan fingerprint density at radius 2 is 1.81 bits per heavy atom. The van der Waals surface area contributed by atoms with Crippen LogP contribution in [-0.4, -0.2) is 17.9 Å². The summed E-state index contributed by atoms with van der Waals surface area (Å²) in [6, 6.07) is 4.12. The molecule has 26 heavy (non-hydrogen) atoms. The highest BCUT2D eigenvalue weighted by molar-refractivity contribution is 5.52. The second-order valence-corrected chi connectivity index (χ2v) is 4.22. The van der Waals surface area contributed by atoms with Gasteiger partial charge >= 0.3 is 0 Å². The van der Waals surface area contributed by atoms with Crippen molar-refractivity contribution in [2.75, 3.05) is 6.61 Å². The van der Waals surface area contributed by atoms with Crippen molar-refractivity contribution in [3.8, 4) is 0 Å². The molecular formula is C23H39NO2. The van der Waals surface area contributed by atoms with Crippen molar-refractivity contribution >= 4 is 6.29 Å². The highest BCUT2D eigenvalue weighted by Gasteiger charge is 1.97. The molecule has 0 saturated heterocycles. The molecule has 0 spiro atoms. The normalized spacial score (nSPS) is 9.58. The van der Waals surface area contributed by atoms with Crippen molar-refractivity contribution in [2.24, 2.45) is 0 Å². The summed E-state index contributed by atoms with van der Waals surface area (Å²) in [7, 11) is 0. The van der Waals surface area contributed by atoms with Gasteiger partial charge < -0.3 is 9.53 Å². The maximum atomic E-state index is 10.3. The molecule has 0 aliphatic heterocycles. The van der Waals surface area contributed by atoms with E-state index in [0.717, 1.165) is 24.8 Å². The molecule has 1 heterocycles. The first-order valence-electron chi connectivity index (χ1n) is 9.79. The van der Waals surface area contributed by atoms with Crippen molar-refractivity contribution in [1.82, 2.24) is 4.98 Å². The van der Waals surface area contributed by atoms with Gasteiger partial charge in [0.2, 0.25) is 0 Å². The molecule has 0 unspecified atom stereocenters. The smallest absolute Gasteiger partial charge is 0.123 e. The average Bonchev–Trinajstić information content (AvgIpc) is 2.73. The number of nitrogens with zero attached hydrogens (tertiary/aromatic N) is 1. The number of rotatable bonds is 9. The summed E-state index contributed by atoms with van der Waals surface area (Å²) in [6.07, 6.45) is 11.9. The van der Waals surface area contributed by atoms with Crippen LogP contribution in [-0.2, 0) is 22.4 Å². The molecule has 0 fully saturated rings. The fourth-order valence-electron chi connectivity index (χ4n) is 1.59. The monoisotopic (exact) mass is 361 g/mol. The summed E-state index contributed by atoms with van der Waals surface area (Å²) in [5.41, 5.74) is 2.25. The zero-order valence-corrected chi connectivity index (χ0v) is 17.9. The van der Waals surface area contributed by atoms with E-state index in [9.17, 15) is 4.79 Å². The molecule has 1 aromatic rings. The van der Waals surface area contributed by atoms with Crippen molar-refractivity contribution in [3.05, 3.63) is 66.2 Å². The van der Waals surface area contributed by atoms with Crippen LogP contribution in [0.15, 0.2) is 55.0 Å². The summed E-state index contributed by atoms with van der Waals surface area (Å²) in [5, 5.41) is 0. The fourth-order valence-corrected chi connectivity index (χ4v) is 1.59. The second kappa shape index (κ2) is 25.1. The van der Waals surface area contributed by atoms with Gasteiger partial charge in [-0.1, -0.05) is 73.3 Å². The van der Waals surface area contributed by atoms with Crippen LogP contribution in [0.4, 0.5) is 0 Å². The first-order chi connectivity index (χ1) is 12.8. The van der Waals surface area contributed by atoms with Crippen LogP contribution < -0.4 is 0 Å². The van der Waals surface area contributed by atoms with Crippen molar-refractivity contribution in [3.63, 3.8) is 0 Å². The Hall–Kier alpha value is -2.16. The Bertz CT molecular complexity index is 473. The lowest BCUT2D eigenvalue weighted by atomic mass is 10.2. The van der Waals surface area contributed by atoms with Gasteiger partial charge in [0.15, 0.2) is 0 Å². The molecule has 3 nitrogen and oxygen atoms in total. The van der Waals surface area contributed by atoms with E-state index in [4.69, 9.17) is 4.74 Å². The van der Waals surface area contributed by atoms with E-state index in [1.54, 1.807) is 24.3 Å². The molecule has 148 valence electrons. The van der Waals surface area contributed by atoms with Crippen LogP contribution in [0.3, 0.4) is 0 Å². The van der Waals surface area contributed by atoms with E-state index in [1.807, 2.05) is 53.8 Å². The number of aldehydes is 1. The van der Waals surface area contributed by atoms with Crippen molar-refractivity contribution in [2.45, 2.75) is 67.7 Å². The van der Waals surface area contributed by atoms with E-state index < -0.39 is 0 Å². The molecule has 0 atom stereocenters. The molecule has 0 radical (unpaired) electrons. The van der Waals surface area contributed by atoms with E-state index in [1.165, 1.54) is 5.56 Å². The van der Waals surface area contributed by atoms with Crippen LogP contribution in [0.25, 0.3) is 0 Å². The second-order valence-electron chi connectivity index (χ2n) is 4.22. The van der Waals surface area contributed by atoms with Gasteiger partial charge in [-0.25, -0.2) is 0 Å². The zero-order valence-electron chi connectivity index (χ0n) is 17.9. The van der Waals surface area contributed by atoms with Gasteiger partial charge in [-0.15, -0.1) is 0 Å². The number of hydrogen-bond acceptors (Lipinski definition) is 3. The number of aryl methyl sites for hydroxylation is 1. The fraction of sp³-hybridized carbons (Fsp3) is 0.478. The molecule has 0 saturated carbocycles. The van der Waals surface area contributed by atoms with Crippen LogP contribution in [0.1, 0.15) is 66.1 Å². The Balaban J connectivity index is -0.000000795. The Kier molecular flexibility index (Phi) is 27.6. The molecular weight excluding hydrogens is 322 g/mol. The lowest BCUT2D eigenvalue weighted by molar-refractivity contribution is -0.107. The Morgan fingerprint density at radius 1 is 1.15 bits per heavy atom. The predicted octanol–water partition coefficient (Wildman–Crippen LogP) is 6.50. The third-order valence-electron chi connectivity index (χ3n) is 2.72. The minimum atomic E-state index is 0.387. The number of ether oxygens (including phenoxy) is 1. The maximum absolute atomic E-state index is 10.3. The third kappa shape index (κ3) is 16.7. The summed E-state index contributed by atoms with van der Waals surface area (Å²) in [6.45, 7) is 18.3. The maximum Gasteiger partial charge on any atom is 0.123 e. The van der Waals surface area contributed by atoms with Crippen LogP contribution in [0.2, 0.25) is 0 Å². The van der Waals surface area contributed by atoms with Crippen molar-refractivity contribution in [1.29, 1.82) is 0 Å². The molecule has 0 aromatic carbocycles. The molecule has 3 heteroatoms. The first-order valence-corrected chi connectivity index (χ1v) is 9.79. The van der Waals surface area contributed by atoms with Crippen LogP contribution >= 0.6 is 0 Å². The summed E-state index contributed by atoms with van der Waals surface area (Å²) >= 11 is 0. The molecule has 0 aliphatic carbocycles. The lowest BCUT2D eigenvalue weighted by Crippen LogP contribution is -2.00. The standard InChI is InChI=1S/C17H21NO2.3C2H6/c1-3-7-17(8-5-6-12-19)20-13-11-16-10-9-15(4-2)14-18-16;3*1-2/h3,5,7-10,12,14H,1,4,6,11,13H2,2H3;3*1-2H3/b8-5-,17-7+;;;. The number of aromatic nitrogens is 1. The van der Waals surface area contributed by atoms with Gasteiger partial charge in [0, 0.05) is 24.7 Å². The summed E-state index contributed by atoms with van der Waals surface area (Å²) in [4.78, 5) is 14.6. The number of pyridine rings is 1. The van der Waals surface area contributed by atoms with Gasteiger partial charge in [0.05, 0.1) is 6.61 Å². The average molecular weight is 362 g/mol. The van der Waals surface area contributed by atoms with E-state index in [-0.39, 0.29) is 0 Å². The topological polar surface area (TPSA) is 39.2 Å². The van der Waals surface area contributed by atoms with Crippen LogP contribution in [0, 0.1) is 0 Å². The lowest BCUT2D eigenvalue weighted by Gasteiger charge is -2.06. The zero-order chi connectivity index (χ0) is 20.6. The quantitative estimate of drug-likeness (QED) is 0.286. The van der Waals surface area contributed by atoms with E-state index in [2.05, 4.69) is 24.6 Å². The number of carbonyl (C=O) groups excluding carboxylic acids is 1. The van der Waals surface area contributed by atoms with Gasteiger partial charge in [0.25, 0.3) is 0 Å². The third-order valence-corrected chi connectivity index (χ3v) is 2.72. The first kappa shape index (κ1) is 28.6. The largest absolute Gasteiger partial charge is 0.493 e. The van der Waals surface area contributed by atoms with Crippen LogP contribution in [0.5, 0.6) is 0 Å². The molecule has 0 amide bonds. The highest BCUT2D eigenvalue weighted by Crippen LogP contribution is 2.05. The molecule has 0 bridgehead atoms. The Labute approximate surface area is 161 Å². The number of carbonyl (C=O) groups is 1.